The third-order valence-corrected chi connectivity index (χ3v) is 1.61. The molecule has 0 radical (unpaired) electrons. The first kappa shape index (κ1) is 10.1. The lowest BCUT2D eigenvalue weighted by atomic mass is 10.1. The van der Waals surface area contributed by atoms with E-state index < -0.39 is 11.7 Å². The summed E-state index contributed by atoms with van der Waals surface area (Å²) in [6.07, 6.45) is -4.34. The first-order valence-corrected chi connectivity index (χ1v) is 4.13. The highest BCUT2D eigenvalue weighted by atomic mass is 79.9. The standard InChI is InChI=1S/C9H4BrF3/c10-6-5-7-3-1-2-4-8(7)9(11,12)13/h1-4H. The van der Waals surface area contributed by atoms with Gasteiger partial charge in [-0.3, -0.25) is 0 Å². The molecule has 1 aromatic rings. The van der Waals surface area contributed by atoms with E-state index in [2.05, 4.69) is 26.7 Å². The summed E-state index contributed by atoms with van der Waals surface area (Å²) in [5.41, 5.74) is -0.728. The fraction of sp³-hybridized carbons (Fsp3) is 0.111. The average molecular weight is 249 g/mol. The van der Waals surface area contributed by atoms with E-state index in [1.807, 2.05) is 0 Å². The summed E-state index contributed by atoms with van der Waals surface area (Å²) in [7, 11) is 0. The average Bonchev–Trinajstić information content (AvgIpc) is 2.04. The van der Waals surface area contributed by atoms with Crippen molar-refractivity contribution < 1.29 is 13.2 Å². The Labute approximate surface area is 81.9 Å². The molecule has 0 fully saturated rings. The van der Waals surface area contributed by atoms with Crippen molar-refractivity contribution in [2.24, 2.45) is 0 Å². The van der Waals surface area contributed by atoms with Crippen molar-refractivity contribution >= 4 is 15.9 Å². The molecule has 0 nitrogen and oxygen atoms in total. The molecular weight excluding hydrogens is 245 g/mol. The monoisotopic (exact) mass is 248 g/mol. The van der Waals surface area contributed by atoms with Crippen LogP contribution in [0.3, 0.4) is 0 Å². The normalized spacial score (nSPS) is 10.5. The van der Waals surface area contributed by atoms with Crippen LogP contribution in [-0.2, 0) is 6.18 Å². The van der Waals surface area contributed by atoms with Gasteiger partial charge in [0.2, 0.25) is 0 Å². The van der Waals surface area contributed by atoms with Crippen LogP contribution in [0.1, 0.15) is 11.1 Å². The van der Waals surface area contributed by atoms with Crippen molar-refractivity contribution in [3.05, 3.63) is 35.4 Å². The molecule has 1 rings (SSSR count). The molecule has 0 bridgehead atoms. The second kappa shape index (κ2) is 3.84. The van der Waals surface area contributed by atoms with E-state index in [0.29, 0.717) is 0 Å². The Morgan fingerprint density at radius 2 is 1.77 bits per heavy atom. The molecule has 13 heavy (non-hydrogen) atoms. The zero-order chi connectivity index (χ0) is 9.90. The SMILES string of the molecule is FC(F)(F)c1ccccc1C#CBr. The molecule has 0 aliphatic rings. The van der Waals surface area contributed by atoms with Crippen molar-refractivity contribution in [2.75, 3.05) is 0 Å². The Morgan fingerprint density at radius 1 is 1.15 bits per heavy atom. The van der Waals surface area contributed by atoms with Crippen LogP contribution in [0, 0.1) is 10.8 Å². The lowest BCUT2D eigenvalue weighted by Crippen LogP contribution is -2.07. The van der Waals surface area contributed by atoms with E-state index in [0.717, 1.165) is 6.07 Å². The van der Waals surface area contributed by atoms with Gasteiger partial charge < -0.3 is 0 Å². The minimum Gasteiger partial charge on any atom is -0.166 e. The van der Waals surface area contributed by atoms with Gasteiger partial charge in [-0.05, 0) is 17.0 Å². The summed E-state index contributed by atoms with van der Waals surface area (Å²) in [5.74, 6) is 2.33. The molecule has 0 heterocycles. The van der Waals surface area contributed by atoms with Crippen molar-refractivity contribution in [2.45, 2.75) is 6.18 Å². The van der Waals surface area contributed by atoms with Crippen molar-refractivity contribution in [1.29, 1.82) is 0 Å². The maximum Gasteiger partial charge on any atom is 0.417 e. The van der Waals surface area contributed by atoms with Crippen molar-refractivity contribution in [3.63, 3.8) is 0 Å². The van der Waals surface area contributed by atoms with Gasteiger partial charge in [0.1, 0.15) is 0 Å². The second-order valence-electron chi connectivity index (χ2n) is 2.26. The van der Waals surface area contributed by atoms with Crippen molar-refractivity contribution in [1.82, 2.24) is 0 Å². The van der Waals surface area contributed by atoms with Gasteiger partial charge in [-0.15, -0.1) is 0 Å². The molecule has 0 N–H and O–H groups in total. The highest BCUT2D eigenvalue weighted by Gasteiger charge is 2.32. The summed E-state index contributed by atoms with van der Waals surface area (Å²) < 4.78 is 36.9. The summed E-state index contributed by atoms with van der Waals surface area (Å²) in [5, 5.41) is 0. The van der Waals surface area contributed by atoms with Gasteiger partial charge in [-0.1, -0.05) is 18.1 Å². The second-order valence-corrected chi connectivity index (χ2v) is 2.66. The van der Waals surface area contributed by atoms with Gasteiger partial charge in [0.25, 0.3) is 0 Å². The molecule has 0 saturated heterocycles. The van der Waals surface area contributed by atoms with Crippen LogP contribution in [0.5, 0.6) is 0 Å². The molecule has 0 aromatic heterocycles. The number of rotatable bonds is 0. The van der Waals surface area contributed by atoms with Crippen LogP contribution < -0.4 is 0 Å². The van der Waals surface area contributed by atoms with Crippen LogP contribution in [-0.4, -0.2) is 0 Å². The van der Waals surface area contributed by atoms with Gasteiger partial charge in [-0.2, -0.15) is 13.2 Å². The molecule has 0 saturated carbocycles. The Bertz CT molecular complexity index is 357. The van der Waals surface area contributed by atoms with Gasteiger partial charge in [0, 0.05) is 21.5 Å². The zero-order valence-corrected chi connectivity index (χ0v) is 7.91. The molecule has 0 unspecified atom stereocenters. The van der Waals surface area contributed by atoms with Gasteiger partial charge in [0.15, 0.2) is 0 Å². The highest BCUT2D eigenvalue weighted by Crippen LogP contribution is 2.31. The molecule has 0 spiro atoms. The summed E-state index contributed by atoms with van der Waals surface area (Å²) in [4.78, 5) is 2.26. The topological polar surface area (TPSA) is 0 Å². The fourth-order valence-electron chi connectivity index (χ4n) is 0.890. The fourth-order valence-corrected chi connectivity index (χ4v) is 1.10. The van der Waals surface area contributed by atoms with E-state index in [1.54, 1.807) is 0 Å². The molecule has 0 aliphatic heterocycles. The predicted molar refractivity (Wildman–Crippen MR) is 47.2 cm³/mol. The first-order chi connectivity index (χ1) is 6.05. The van der Waals surface area contributed by atoms with Gasteiger partial charge in [-0.25, -0.2) is 0 Å². The highest BCUT2D eigenvalue weighted by molar-refractivity contribution is 9.12. The van der Waals surface area contributed by atoms with E-state index in [1.165, 1.54) is 18.2 Å². The minimum atomic E-state index is -4.34. The summed E-state index contributed by atoms with van der Waals surface area (Å²) in [6, 6.07) is 5.19. The van der Waals surface area contributed by atoms with Crippen molar-refractivity contribution in [3.8, 4) is 10.8 Å². The molecule has 4 heteroatoms. The summed E-state index contributed by atoms with van der Waals surface area (Å²) >= 11 is 2.76. The Morgan fingerprint density at radius 3 is 2.31 bits per heavy atom. The van der Waals surface area contributed by atoms with E-state index in [9.17, 15) is 13.2 Å². The maximum absolute atomic E-state index is 12.3. The lowest BCUT2D eigenvalue weighted by Gasteiger charge is -2.07. The smallest absolute Gasteiger partial charge is 0.166 e. The quantitative estimate of drug-likeness (QED) is 0.618. The van der Waals surface area contributed by atoms with Crippen LogP contribution in [0.4, 0.5) is 13.2 Å². The zero-order valence-electron chi connectivity index (χ0n) is 6.32. The van der Waals surface area contributed by atoms with Crippen LogP contribution in [0.15, 0.2) is 24.3 Å². The van der Waals surface area contributed by atoms with E-state index >= 15 is 0 Å². The minimum absolute atomic E-state index is 0.0214. The molecule has 1 aromatic carbocycles. The Hall–Kier alpha value is -0.950. The number of benzene rings is 1. The van der Waals surface area contributed by atoms with Crippen LogP contribution >= 0.6 is 15.9 Å². The Balaban J connectivity index is 3.25. The molecule has 0 atom stereocenters. The maximum atomic E-state index is 12.3. The molecule has 68 valence electrons. The number of alkyl halides is 3. The lowest BCUT2D eigenvalue weighted by molar-refractivity contribution is -0.137. The number of hydrogen-bond acceptors (Lipinski definition) is 0. The summed E-state index contributed by atoms with van der Waals surface area (Å²) in [6.45, 7) is 0. The number of halogens is 4. The van der Waals surface area contributed by atoms with E-state index in [4.69, 9.17) is 0 Å². The molecular formula is C9H4BrF3. The van der Waals surface area contributed by atoms with E-state index in [-0.39, 0.29) is 5.56 Å². The van der Waals surface area contributed by atoms with Gasteiger partial charge >= 0.3 is 6.18 Å². The molecule has 0 aliphatic carbocycles. The predicted octanol–water partition coefficient (Wildman–Crippen LogP) is 3.41. The molecule has 0 amide bonds. The van der Waals surface area contributed by atoms with Crippen LogP contribution in [0.2, 0.25) is 0 Å². The van der Waals surface area contributed by atoms with Crippen LogP contribution in [0.25, 0.3) is 0 Å². The first-order valence-electron chi connectivity index (χ1n) is 3.33. The third-order valence-electron chi connectivity index (χ3n) is 1.41. The number of hydrogen-bond donors (Lipinski definition) is 0. The largest absolute Gasteiger partial charge is 0.417 e. The Kier molecular flexibility index (Phi) is 2.99. The third kappa shape index (κ3) is 2.49. The van der Waals surface area contributed by atoms with Gasteiger partial charge in [0.05, 0.1) is 5.56 Å².